The first kappa shape index (κ1) is 13.7. The molecule has 4 heteroatoms. The van der Waals surface area contributed by atoms with Gasteiger partial charge in [-0.1, -0.05) is 18.2 Å². The minimum absolute atomic E-state index is 0.0769. The Morgan fingerprint density at radius 1 is 1.35 bits per heavy atom. The van der Waals surface area contributed by atoms with E-state index in [1.807, 2.05) is 12.1 Å². The van der Waals surface area contributed by atoms with Crippen LogP contribution in [0.3, 0.4) is 0 Å². The molecule has 1 aliphatic rings. The Kier molecular flexibility index (Phi) is 3.81. The molecule has 0 saturated carbocycles. The van der Waals surface area contributed by atoms with Crippen molar-refractivity contribution in [1.29, 1.82) is 0 Å². The van der Waals surface area contributed by atoms with Crippen LogP contribution in [0.15, 0.2) is 30.3 Å². The Labute approximate surface area is 124 Å². The third-order valence-corrected chi connectivity index (χ3v) is 4.03. The third kappa shape index (κ3) is 2.60. The zero-order chi connectivity index (χ0) is 14.1. The van der Waals surface area contributed by atoms with Crippen LogP contribution in [0.5, 0.6) is 0 Å². The van der Waals surface area contributed by atoms with Gasteiger partial charge in [0.2, 0.25) is 0 Å². The van der Waals surface area contributed by atoms with E-state index in [1.54, 1.807) is 0 Å². The number of para-hydroxylation sites is 1. The zero-order valence-electron chi connectivity index (χ0n) is 11.8. The van der Waals surface area contributed by atoms with Crippen LogP contribution in [0.2, 0.25) is 0 Å². The third-order valence-electron chi connectivity index (χ3n) is 3.69. The van der Waals surface area contributed by atoms with Crippen LogP contribution in [-0.2, 0) is 4.74 Å². The maximum Gasteiger partial charge on any atom is 0.132 e. The number of benzene rings is 1. The van der Waals surface area contributed by atoms with Crippen LogP contribution in [0.1, 0.15) is 12.5 Å². The molecule has 1 saturated heterocycles. The van der Waals surface area contributed by atoms with Gasteiger partial charge in [0.05, 0.1) is 23.6 Å². The lowest BCUT2D eigenvalue weighted by molar-refractivity contribution is -0.00358. The molecule has 0 spiro atoms. The van der Waals surface area contributed by atoms with E-state index in [2.05, 4.69) is 36.9 Å². The van der Waals surface area contributed by atoms with Gasteiger partial charge in [0.1, 0.15) is 5.82 Å². The largest absolute Gasteiger partial charge is 0.370 e. The fraction of sp³-hybridized carbons (Fsp3) is 0.438. The van der Waals surface area contributed by atoms with Crippen LogP contribution >= 0.6 is 11.6 Å². The van der Waals surface area contributed by atoms with Crippen molar-refractivity contribution in [1.82, 2.24) is 4.98 Å². The molecule has 3 rings (SSSR count). The SMILES string of the molecule is Cc1cc2ccccc2nc1N1CC(C)OC(CCl)C1. The molecule has 0 radical (unpaired) electrons. The topological polar surface area (TPSA) is 25.4 Å². The summed E-state index contributed by atoms with van der Waals surface area (Å²) in [4.78, 5) is 7.12. The second-order valence-electron chi connectivity index (χ2n) is 5.45. The molecule has 0 aliphatic carbocycles. The number of ether oxygens (including phenoxy) is 1. The van der Waals surface area contributed by atoms with Gasteiger partial charge >= 0.3 is 0 Å². The predicted molar refractivity (Wildman–Crippen MR) is 83.7 cm³/mol. The number of aromatic nitrogens is 1. The average Bonchev–Trinajstić information content (AvgIpc) is 2.45. The monoisotopic (exact) mass is 290 g/mol. The van der Waals surface area contributed by atoms with Crippen molar-refractivity contribution in [2.75, 3.05) is 23.9 Å². The Morgan fingerprint density at radius 2 is 2.15 bits per heavy atom. The molecule has 20 heavy (non-hydrogen) atoms. The summed E-state index contributed by atoms with van der Waals surface area (Å²) in [5, 5.41) is 1.18. The van der Waals surface area contributed by atoms with Crippen molar-refractivity contribution in [2.24, 2.45) is 0 Å². The molecule has 0 bridgehead atoms. The van der Waals surface area contributed by atoms with Gasteiger partial charge in [-0.3, -0.25) is 0 Å². The van der Waals surface area contributed by atoms with Crippen LogP contribution < -0.4 is 4.90 Å². The van der Waals surface area contributed by atoms with Gasteiger partial charge in [0.15, 0.2) is 0 Å². The molecule has 0 N–H and O–H groups in total. The van der Waals surface area contributed by atoms with Gasteiger partial charge in [0, 0.05) is 18.5 Å². The molecule has 2 aromatic rings. The maximum absolute atomic E-state index is 5.96. The quantitative estimate of drug-likeness (QED) is 0.793. The lowest BCUT2D eigenvalue weighted by Gasteiger charge is -2.37. The van der Waals surface area contributed by atoms with E-state index in [0.717, 1.165) is 24.4 Å². The number of halogens is 1. The van der Waals surface area contributed by atoms with Crippen LogP contribution in [-0.4, -0.2) is 36.2 Å². The second-order valence-corrected chi connectivity index (χ2v) is 5.76. The fourth-order valence-electron chi connectivity index (χ4n) is 2.83. The van der Waals surface area contributed by atoms with Gasteiger partial charge < -0.3 is 9.64 Å². The van der Waals surface area contributed by atoms with Crippen LogP contribution in [0.25, 0.3) is 10.9 Å². The summed E-state index contributed by atoms with van der Waals surface area (Å²) >= 11 is 5.96. The highest BCUT2D eigenvalue weighted by Crippen LogP contribution is 2.26. The summed E-state index contributed by atoms with van der Waals surface area (Å²) in [6.45, 7) is 5.87. The van der Waals surface area contributed by atoms with E-state index in [9.17, 15) is 0 Å². The first-order chi connectivity index (χ1) is 9.67. The molecule has 1 aromatic heterocycles. The lowest BCUT2D eigenvalue weighted by atomic mass is 10.1. The molecule has 2 atom stereocenters. The van der Waals surface area contributed by atoms with Crippen molar-refractivity contribution in [3.8, 4) is 0 Å². The summed E-state index contributed by atoms with van der Waals surface area (Å²) in [5.41, 5.74) is 2.24. The number of morpholine rings is 1. The number of alkyl halides is 1. The summed E-state index contributed by atoms with van der Waals surface area (Å²) < 4.78 is 5.81. The number of nitrogens with zero attached hydrogens (tertiary/aromatic N) is 2. The minimum atomic E-state index is 0.0769. The summed E-state index contributed by atoms with van der Waals surface area (Å²) in [5.74, 6) is 1.57. The molecule has 106 valence electrons. The minimum Gasteiger partial charge on any atom is -0.370 e. The van der Waals surface area contributed by atoms with Gasteiger partial charge in [-0.25, -0.2) is 4.98 Å². The smallest absolute Gasteiger partial charge is 0.132 e. The van der Waals surface area contributed by atoms with Gasteiger partial charge in [-0.15, -0.1) is 11.6 Å². The molecule has 3 nitrogen and oxygen atoms in total. The number of anilines is 1. The Bertz CT molecular complexity index is 616. The van der Waals surface area contributed by atoms with E-state index >= 15 is 0 Å². The molecule has 2 unspecified atom stereocenters. The zero-order valence-corrected chi connectivity index (χ0v) is 12.6. The van der Waals surface area contributed by atoms with Gasteiger partial charge in [0.25, 0.3) is 0 Å². The summed E-state index contributed by atoms with van der Waals surface area (Å²) in [6.07, 6.45) is 0.258. The Hall–Kier alpha value is -1.32. The number of hydrogen-bond acceptors (Lipinski definition) is 3. The van der Waals surface area contributed by atoms with Crippen molar-refractivity contribution in [3.63, 3.8) is 0 Å². The molecule has 0 amide bonds. The van der Waals surface area contributed by atoms with E-state index in [-0.39, 0.29) is 12.2 Å². The van der Waals surface area contributed by atoms with Crippen molar-refractivity contribution >= 4 is 28.3 Å². The van der Waals surface area contributed by atoms with E-state index < -0.39 is 0 Å². The first-order valence-corrected chi connectivity index (χ1v) is 7.53. The highest BCUT2D eigenvalue weighted by Gasteiger charge is 2.26. The summed E-state index contributed by atoms with van der Waals surface area (Å²) in [7, 11) is 0. The van der Waals surface area contributed by atoms with Crippen molar-refractivity contribution < 1.29 is 4.74 Å². The molecule has 1 fully saturated rings. The summed E-state index contributed by atoms with van der Waals surface area (Å²) in [6, 6.07) is 10.4. The van der Waals surface area contributed by atoms with Crippen LogP contribution in [0.4, 0.5) is 5.82 Å². The number of pyridine rings is 1. The first-order valence-electron chi connectivity index (χ1n) is 7.00. The van der Waals surface area contributed by atoms with E-state index in [1.165, 1.54) is 10.9 Å². The fourth-order valence-corrected chi connectivity index (χ4v) is 3.01. The Balaban J connectivity index is 1.98. The second kappa shape index (κ2) is 5.58. The van der Waals surface area contributed by atoms with Crippen molar-refractivity contribution in [3.05, 3.63) is 35.9 Å². The van der Waals surface area contributed by atoms with Gasteiger partial charge in [-0.2, -0.15) is 0 Å². The lowest BCUT2D eigenvalue weighted by Crippen LogP contribution is -2.48. The predicted octanol–water partition coefficient (Wildman–Crippen LogP) is 3.38. The average molecular weight is 291 g/mol. The van der Waals surface area contributed by atoms with E-state index in [4.69, 9.17) is 21.3 Å². The maximum atomic E-state index is 5.96. The number of rotatable bonds is 2. The number of aryl methyl sites for hydroxylation is 1. The molecule has 1 aliphatic heterocycles. The number of fused-ring (bicyclic) bond motifs is 1. The normalized spacial score (nSPS) is 23.2. The number of hydrogen-bond donors (Lipinski definition) is 0. The molecular weight excluding hydrogens is 272 g/mol. The van der Waals surface area contributed by atoms with Gasteiger partial charge in [-0.05, 0) is 31.5 Å². The van der Waals surface area contributed by atoms with Crippen molar-refractivity contribution in [2.45, 2.75) is 26.1 Å². The molecular formula is C16H19ClN2O. The Morgan fingerprint density at radius 3 is 2.95 bits per heavy atom. The molecule has 2 heterocycles. The van der Waals surface area contributed by atoms with Crippen LogP contribution in [0, 0.1) is 6.92 Å². The standard InChI is InChI=1S/C16H19ClN2O/c1-11-7-13-5-3-4-6-15(13)18-16(11)19-9-12(2)20-14(8-17)10-19/h3-7,12,14H,8-10H2,1-2H3. The van der Waals surface area contributed by atoms with E-state index in [0.29, 0.717) is 5.88 Å². The molecule has 1 aromatic carbocycles. The highest BCUT2D eigenvalue weighted by atomic mass is 35.5. The highest BCUT2D eigenvalue weighted by molar-refractivity contribution is 6.18.